The predicted octanol–water partition coefficient (Wildman–Crippen LogP) is 0.680. The van der Waals surface area contributed by atoms with Crippen molar-refractivity contribution in [2.45, 2.75) is 50.7 Å². The Labute approximate surface area is 103 Å². The number of hydrogen-bond donors (Lipinski definition) is 2. The van der Waals surface area contributed by atoms with Gasteiger partial charge in [0.2, 0.25) is 0 Å². The molecular weight excluding hydrogens is 216 g/mol. The summed E-state index contributed by atoms with van der Waals surface area (Å²) in [6, 6.07) is 1.82. The van der Waals surface area contributed by atoms with Crippen LogP contribution < -0.4 is 5.73 Å². The second-order valence-electron chi connectivity index (χ2n) is 5.48. The number of nitrogens with zero attached hydrogens (tertiary/aromatic N) is 3. The molecule has 0 saturated carbocycles. The lowest BCUT2D eigenvalue weighted by Crippen LogP contribution is -2.42. The van der Waals surface area contributed by atoms with E-state index in [0.717, 1.165) is 19.1 Å². The van der Waals surface area contributed by atoms with E-state index in [2.05, 4.69) is 28.9 Å². The summed E-state index contributed by atoms with van der Waals surface area (Å²) in [6.45, 7) is 4.41. The molecule has 3 unspecified atom stereocenters. The Kier molecular flexibility index (Phi) is 3.89. The van der Waals surface area contributed by atoms with Gasteiger partial charge in [-0.15, -0.1) is 0 Å². The average Bonchev–Trinajstić information content (AvgIpc) is 2.52. The fraction of sp³-hybridized carbons (Fsp3) is 0.917. The maximum Gasteiger partial charge on any atom is 0.140 e. The van der Waals surface area contributed by atoms with Gasteiger partial charge >= 0.3 is 0 Å². The van der Waals surface area contributed by atoms with E-state index in [1.165, 1.54) is 19.3 Å². The Balaban J connectivity index is 1.94. The molecule has 2 aliphatic heterocycles. The second-order valence-corrected chi connectivity index (χ2v) is 5.48. The van der Waals surface area contributed by atoms with Crippen LogP contribution in [0.5, 0.6) is 0 Å². The van der Waals surface area contributed by atoms with Crippen molar-refractivity contribution in [2.24, 2.45) is 10.9 Å². The molecule has 0 aromatic heterocycles. The molecule has 0 aliphatic carbocycles. The lowest BCUT2D eigenvalue weighted by atomic mass is 10.1. The second kappa shape index (κ2) is 5.23. The first-order valence-electron chi connectivity index (χ1n) is 6.54. The normalized spacial score (nSPS) is 33.6. The monoisotopic (exact) mass is 240 g/mol. The first-order valence-corrected chi connectivity index (χ1v) is 6.54. The van der Waals surface area contributed by atoms with E-state index in [1.54, 1.807) is 0 Å². The zero-order valence-corrected chi connectivity index (χ0v) is 10.8. The summed E-state index contributed by atoms with van der Waals surface area (Å²) in [5, 5.41) is 11.7. The molecule has 17 heavy (non-hydrogen) atoms. The first-order chi connectivity index (χ1) is 8.11. The minimum Gasteiger partial charge on any atom is -0.409 e. The highest BCUT2D eigenvalue weighted by molar-refractivity contribution is 5.80. The van der Waals surface area contributed by atoms with Crippen LogP contribution in [0.25, 0.3) is 0 Å². The maximum absolute atomic E-state index is 8.62. The quantitative estimate of drug-likeness (QED) is 0.329. The van der Waals surface area contributed by atoms with Crippen molar-refractivity contribution in [3.8, 4) is 0 Å². The van der Waals surface area contributed by atoms with Crippen molar-refractivity contribution in [2.75, 3.05) is 20.1 Å². The molecule has 2 heterocycles. The largest absolute Gasteiger partial charge is 0.409 e. The number of hydrogen-bond acceptors (Lipinski definition) is 4. The van der Waals surface area contributed by atoms with Crippen molar-refractivity contribution < 1.29 is 5.21 Å². The lowest BCUT2D eigenvalue weighted by Gasteiger charge is -2.30. The van der Waals surface area contributed by atoms with E-state index in [0.29, 0.717) is 24.3 Å². The summed E-state index contributed by atoms with van der Waals surface area (Å²) in [7, 11) is 2.25. The fourth-order valence-corrected chi connectivity index (χ4v) is 3.21. The molecule has 2 fully saturated rings. The van der Waals surface area contributed by atoms with Crippen LogP contribution in [0.15, 0.2) is 5.16 Å². The van der Waals surface area contributed by atoms with Crippen molar-refractivity contribution in [3.63, 3.8) is 0 Å². The molecule has 98 valence electrons. The highest BCUT2D eigenvalue weighted by Crippen LogP contribution is 2.29. The third kappa shape index (κ3) is 2.72. The van der Waals surface area contributed by atoms with Crippen molar-refractivity contribution in [3.05, 3.63) is 0 Å². The number of amidine groups is 1. The van der Waals surface area contributed by atoms with Gasteiger partial charge in [-0.3, -0.25) is 9.80 Å². The highest BCUT2D eigenvalue weighted by atomic mass is 16.4. The molecule has 3 N–H and O–H groups in total. The van der Waals surface area contributed by atoms with E-state index >= 15 is 0 Å². The number of rotatable bonds is 3. The topological polar surface area (TPSA) is 65.1 Å². The van der Waals surface area contributed by atoms with Gasteiger partial charge in [-0.2, -0.15) is 0 Å². The van der Waals surface area contributed by atoms with Crippen LogP contribution in [0.1, 0.15) is 32.6 Å². The van der Waals surface area contributed by atoms with Gasteiger partial charge in [0.1, 0.15) is 5.84 Å². The van der Waals surface area contributed by atoms with Crippen LogP contribution in [0.4, 0.5) is 0 Å². The van der Waals surface area contributed by atoms with Crippen LogP contribution in [0, 0.1) is 0 Å². The standard InChI is InChI=1S/C12H24N4O/c1-9(7-12(13)14-17)16-6-5-10-3-4-11(8-16)15(10)2/h9-11,17H,3-8H2,1-2H3,(H2,13,14). The summed E-state index contributed by atoms with van der Waals surface area (Å²) < 4.78 is 0. The summed E-state index contributed by atoms with van der Waals surface area (Å²) in [5.74, 6) is 0.334. The molecule has 0 spiro atoms. The van der Waals surface area contributed by atoms with Crippen molar-refractivity contribution in [1.82, 2.24) is 9.80 Å². The van der Waals surface area contributed by atoms with Crippen LogP contribution >= 0.6 is 0 Å². The van der Waals surface area contributed by atoms with Gasteiger partial charge < -0.3 is 10.9 Å². The van der Waals surface area contributed by atoms with Gasteiger partial charge in [0.05, 0.1) is 0 Å². The van der Waals surface area contributed by atoms with Gasteiger partial charge in [-0.05, 0) is 39.8 Å². The zero-order chi connectivity index (χ0) is 12.4. The minimum absolute atomic E-state index is 0.334. The molecule has 2 saturated heterocycles. The van der Waals surface area contributed by atoms with E-state index in [-0.39, 0.29) is 0 Å². The molecule has 2 rings (SSSR count). The first kappa shape index (κ1) is 12.6. The average molecular weight is 240 g/mol. The molecule has 0 aromatic rings. The van der Waals surface area contributed by atoms with Gasteiger partial charge in [-0.25, -0.2) is 0 Å². The predicted molar refractivity (Wildman–Crippen MR) is 68.3 cm³/mol. The lowest BCUT2D eigenvalue weighted by molar-refractivity contribution is 0.182. The van der Waals surface area contributed by atoms with Crippen LogP contribution in [0.2, 0.25) is 0 Å². The highest BCUT2D eigenvalue weighted by Gasteiger charge is 2.35. The fourth-order valence-electron chi connectivity index (χ4n) is 3.21. The Morgan fingerprint density at radius 2 is 2.12 bits per heavy atom. The molecule has 0 amide bonds. The van der Waals surface area contributed by atoms with Crippen molar-refractivity contribution >= 4 is 5.84 Å². The Bertz CT molecular complexity index is 294. The zero-order valence-electron chi connectivity index (χ0n) is 10.8. The SMILES string of the molecule is CC(CC(N)=NO)N1CCC2CCC(C1)N2C. The summed E-state index contributed by atoms with van der Waals surface area (Å²) >= 11 is 0. The van der Waals surface area contributed by atoms with Gasteiger partial charge in [0, 0.05) is 31.1 Å². The smallest absolute Gasteiger partial charge is 0.140 e. The molecule has 5 heteroatoms. The molecule has 0 radical (unpaired) electrons. The summed E-state index contributed by atoms with van der Waals surface area (Å²) in [5.41, 5.74) is 5.59. The van der Waals surface area contributed by atoms with E-state index in [1.807, 2.05) is 0 Å². The number of likely N-dealkylation sites (tertiary alicyclic amines) is 1. The maximum atomic E-state index is 8.62. The Morgan fingerprint density at radius 3 is 2.82 bits per heavy atom. The molecule has 5 nitrogen and oxygen atoms in total. The number of nitrogens with two attached hydrogens (primary N) is 1. The van der Waals surface area contributed by atoms with Gasteiger partial charge in [-0.1, -0.05) is 5.16 Å². The van der Waals surface area contributed by atoms with Crippen LogP contribution in [-0.2, 0) is 0 Å². The number of fused-ring (bicyclic) bond motifs is 2. The van der Waals surface area contributed by atoms with E-state index in [4.69, 9.17) is 10.9 Å². The van der Waals surface area contributed by atoms with Gasteiger partial charge in [0.15, 0.2) is 0 Å². The van der Waals surface area contributed by atoms with Crippen LogP contribution in [0.3, 0.4) is 0 Å². The summed E-state index contributed by atoms with van der Waals surface area (Å²) in [4.78, 5) is 5.02. The van der Waals surface area contributed by atoms with E-state index < -0.39 is 0 Å². The Hall–Kier alpha value is -0.810. The molecule has 3 atom stereocenters. The number of oxime groups is 1. The Morgan fingerprint density at radius 1 is 1.41 bits per heavy atom. The third-order valence-corrected chi connectivity index (χ3v) is 4.44. The summed E-state index contributed by atoms with van der Waals surface area (Å²) in [6.07, 6.45) is 4.56. The van der Waals surface area contributed by atoms with Crippen molar-refractivity contribution in [1.29, 1.82) is 0 Å². The van der Waals surface area contributed by atoms with Gasteiger partial charge in [0.25, 0.3) is 0 Å². The molecule has 0 aromatic carbocycles. The minimum atomic E-state index is 0.334. The molecule has 2 bridgehead atoms. The molecule has 2 aliphatic rings. The third-order valence-electron chi connectivity index (χ3n) is 4.44. The van der Waals surface area contributed by atoms with Crippen LogP contribution in [-0.4, -0.2) is 59.1 Å². The molecular formula is C12H24N4O. The van der Waals surface area contributed by atoms with E-state index in [9.17, 15) is 0 Å². The number of likely N-dealkylation sites (N-methyl/N-ethyl adjacent to an activating group) is 1.